The van der Waals surface area contributed by atoms with Crippen molar-refractivity contribution in [3.05, 3.63) is 22.4 Å². The summed E-state index contributed by atoms with van der Waals surface area (Å²) in [5.41, 5.74) is 1.30. The fourth-order valence-electron chi connectivity index (χ4n) is 2.03. The summed E-state index contributed by atoms with van der Waals surface area (Å²) in [7, 11) is -3.14. The molecule has 1 aromatic rings. The van der Waals surface area contributed by atoms with Gasteiger partial charge in [0.25, 0.3) is 0 Å². The molecule has 1 fully saturated rings. The van der Waals surface area contributed by atoms with Crippen LogP contribution in [-0.4, -0.2) is 55.4 Å². The second-order valence-electron chi connectivity index (χ2n) is 4.31. The summed E-state index contributed by atoms with van der Waals surface area (Å²) in [5, 5.41) is 4.20. The van der Waals surface area contributed by atoms with Crippen LogP contribution in [0.15, 0.2) is 16.8 Å². The predicted molar refractivity (Wildman–Crippen MR) is 75.7 cm³/mol. The third-order valence-electron chi connectivity index (χ3n) is 3.05. The molecule has 18 heavy (non-hydrogen) atoms. The molecule has 4 nitrogen and oxygen atoms in total. The normalized spacial score (nSPS) is 19.2. The lowest BCUT2D eigenvalue weighted by Gasteiger charge is -2.33. The quantitative estimate of drug-likeness (QED) is 0.773. The minimum absolute atomic E-state index is 0.0408. The summed E-state index contributed by atoms with van der Waals surface area (Å²) in [6.07, 6.45) is 0. The molecule has 0 saturated carbocycles. The molecule has 7 heteroatoms. The van der Waals surface area contributed by atoms with Gasteiger partial charge in [-0.2, -0.15) is 15.6 Å². The van der Waals surface area contributed by atoms with Crippen molar-refractivity contribution in [3.8, 4) is 0 Å². The molecule has 0 aliphatic carbocycles. The average molecular weight is 309 g/mol. The Morgan fingerprint density at radius 1 is 1.28 bits per heavy atom. The van der Waals surface area contributed by atoms with Crippen molar-refractivity contribution in [3.63, 3.8) is 0 Å². The number of sulfonamides is 1. The molecule has 0 atom stereocenters. The van der Waals surface area contributed by atoms with Gasteiger partial charge in [-0.3, -0.25) is 4.90 Å². The fourth-order valence-corrected chi connectivity index (χ4v) is 4.45. The van der Waals surface area contributed by atoms with E-state index >= 15 is 0 Å². The van der Waals surface area contributed by atoms with E-state index < -0.39 is 10.0 Å². The Bertz CT molecular complexity index is 453. The molecule has 0 radical (unpaired) electrons. The Morgan fingerprint density at radius 2 is 2.00 bits per heavy atom. The highest BCUT2D eigenvalue weighted by Crippen LogP contribution is 2.13. The molecule has 0 amide bonds. The smallest absolute Gasteiger partial charge is 0.215 e. The molecule has 2 heterocycles. The monoisotopic (exact) mass is 308 g/mol. The summed E-state index contributed by atoms with van der Waals surface area (Å²) in [6.45, 7) is 3.63. The maximum absolute atomic E-state index is 11.8. The van der Waals surface area contributed by atoms with E-state index in [0.717, 1.165) is 19.6 Å². The molecule has 2 rings (SSSR count). The Balaban J connectivity index is 1.84. The van der Waals surface area contributed by atoms with E-state index in [9.17, 15) is 8.42 Å². The number of nitrogens with zero attached hydrogens (tertiary/aromatic N) is 2. The van der Waals surface area contributed by atoms with Gasteiger partial charge in [-0.05, 0) is 22.4 Å². The topological polar surface area (TPSA) is 40.6 Å². The van der Waals surface area contributed by atoms with Gasteiger partial charge in [-0.1, -0.05) is 0 Å². The van der Waals surface area contributed by atoms with Crippen molar-refractivity contribution < 1.29 is 8.42 Å². The Kier molecular flexibility index (Phi) is 5.03. The van der Waals surface area contributed by atoms with Gasteiger partial charge in [0.05, 0.1) is 5.75 Å². The van der Waals surface area contributed by atoms with Crippen LogP contribution in [0.3, 0.4) is 0 Å². The first kappa shape index (κ1) is 14.3. The lowest BCUT2D eigenvalue weighted by atomic mass is 10.3. The van der Waals surface area contributed by atoms with Crippen molar-refractivity contribution >= 4 is 33.0 Å². The van der Waals surface area contributed by atoms with Crippen LogP contribution in [0, 0.1) is 0 Å². The summed E-state index contributed by atoms with van der Waals surface area (Å²) in [4.78, 5) is 2.29. The number of alkyl halides is 1. The van der Waals surface area contributed by atoms with Crippen LogP contribution < -0.4 is 0 Å². The molecular weight excluding hydrogens is 292 g/mol. The summed E-state index contributed by atoms with van der Waals surface area (Å²) in [5.74, 6) is 0.205. The zero-order valence-corrected chi connectivity index (χ0v) is 12.5. The van der Waals surface area contributed by atoms with Gasteiger partial charge < -0.3 is 0 Å². The third-order valence-corrected chi connectivity index (χ3v) is 6.06. The summed E-state index contributed by atoms with van der Waals surface area (Å²) in [6, 6.07) is 2.11. The maximum atomic E-state index is 11.8. The van der Waals surface area contributed by atoms with Crippen molar-refractivity contribution in [2.45, 2.75) is 6.54 Å². The highest BCUT2D eigenvalue weighted by molar-refractivity contribution is 7.89. The molecule has 1 aliphatic rings. The largest absolute Gasteiger partial charge is 0.296 e. The van der Waals surface area contributed by atoms with Gasteiger partial charge in [0.2, 0.25) is 10.0 Å². The van der Waals surface area contributed by atoms with E-state index in [0.29, 0.717) is 13.1 Å². The molecule has 1 aliphatic heterocycles. The molecule has 0 aromatic carbocycles. The second-order valence-corrected chi connectivity index (χ2v) is 7.56. The number of thiophene rings is 1. The van der Waals surface area contributed by atoms with E-state index in [2.05, 4.69) is 21.7 Å². The van der Waals surface area contributed by atoms with Crippen molar-refractivity contribution in [1.82, 2.24) is 9.21 Å². The lowest BCUT2D eigenvalue weighted by Crippen LogP contribution is -2.48. The Hall–Kier alpha value is -0.140. The average Bonchev–Trinajstić information content (AvgIpc) is 2.82. The molecule has 0 unspecified atom stereocenters. The molecule has 102 valence electrons. The van der Waals surface area contributed by atoms with Crippen LogP contribution >= 0.6 is 22.9 Å². The van der Waals surface area contributed by atoms with Gasteiger partial charge in [-0.15, -0.1) is 11.6 Å². The first-order chi connectivity index (χ1) is 8.62. The molecule has 0 N–H and O–H groups in total. The van der Waals surface area contributed by atoms with Gasteiger partial charge in [0.15, 0.2) is 0 Å². The lowest BCUT2D eigenvalue weighted by molar-refractivity contribution is 0.182. The van der Waals surface area contributed by atoms with Crippen molar-refractivity contribution in [1.29, 1.82) is 0 Å². The van der Waals surface area contributed by atoms with Gasteiger partial charge in [-0.25, -0.2) is 8.42 Å². The highest BCUT2D eigenvalue weighted by atomic mass is 35.5. The minimum atomic E-state index is -3.14. The molecule has 1 aromatic heterocycles. The van der Waals surface area contributed by atoms with Crippen LogP contribution in [0.5, 0.6) is 0 Å². The third kappa shape index (κ3) is 3.68. The van der Waals surface area contributed by atoms with Gasteiger partial charge >= 0.3 is 0 Å². The molecular formula is C11H17ClN2O2S2. The number of hydrogen-bond donors (Lipinski definition) is 0. The van der Waals surface area contributed by atoms with Crippen molar-refractivity contribution in [2.24, 2.45) is 0 Å². The van der Waals surface area contributed by atoms with Crippen molar-refractivity contribution in [2.75, 3.05) is 37.8 Å². The Morgan fingerprint density at radius 3 is 2.56 bits per heavy atom. The fraction of sp³-hybridized carbons (Fsp3) is 0.636. The molecule has 1 saturated heterocycles. The van der Waals surface area contributed by atoms with Crippen LogP contribution in [0.2, 0.25) is 0 Å². The maximum Gasteiger partial charge on any atom is 0.215 e. The van der Waals surface area contributed by atoms with Gasteiger partial charge in [0.1, 0.15) is 0 Å². The number of rotatable bonds is 5. The first-order valence-corrected chi connectivity index (χ1v) is 8.98. The standard InChI is InChI=1S/C11H17ClN2O2S2/c12-2-8-18(15,16)14-5-3-13(4-6-14)9-11-1-7-17-10-11/h1,7,10H,2-6,8-9H2. The van der Waals surface area contributed by atoms with E-state index in [1.807, 2.05) is 0 Å². The zero-order valence-electron chi connectivity index (χ0n) is 10.1. The van der Waals surface area contributed by atoms with E-state index in [4.69, 9.17) is 11.6 Å². The number of piperazine rings is 1. The molecule has 0 bridgehead atoms. The first-order valence-electron chi connectivity index (χ1n) is 5.89. The highest BCUT2D eigenvalue weighted by Gasteiger charge is 2.26. The Labute approximate surface area is 117 Å². The summed E-state index contributed by atoms with van der Waals surface area (Å²) >= 11 is 7.21. The van der Waals surface area contributed by atoms with Crippen LogP contribution in [0.4, 0.5) is 0 Å². The van der Waals surface area contributed by atoms with E-state index in [1.54, 1.807) is 15.6 Å². The van der Waals surface area contributed by atoms with E-state index in [-0.39, 0.29) is 11.6 Å². The zero-order chi connectivity index (χ0) is 13.0. The van der Waals surface area contributed by atoms with Crippen LogP contribution in [-0.2, 0) is 16.6 Å². The van der Waals surface area contributed by atoms with Gasteiger partial charge in [0, 0.05) is 38.6 Å². The van der Waals surface area contributed by atoms with Crippen LogP contribution in [0.25, 0.3) is 0 Å². The van der Waals surface area contributed by atoms with Crippen LogP contribution in [0.1, 0.15) is 5.56 Å². The minimum Gasteiger partial charge on any atom is -0.296 e. The predicted octanol–water partition coefficient (Wildman–Crippen LogP) is 1.43. The molecule has 0 spiro atoms. The second kappa shape index (κ2) is 6.34. The SMILES string of the molecule is O=S(=O)(CCCl)N1CCN(Cc2ccsc2)CC1. The number of halogens is 1. The summed E-state index contributed by atoms with van der Waals surface area (Å²) < 4.78 is 25.2. The number of hydrogen-bond acceptors (Lipinski definition) is 4. The van der Waals surface area contributed by atoms with E-state index in [1.165, 1.54) is 5.56 Å².